The second-order valence-corrected chi connectivity index (χ2v) is 3.86. The van der Waals surface area contributed by atoms with Crippen molar-refractivity contribution in [1.29, 1.82) is 0 Å². The third-order valence-electron chi connectivity index (χ3n) is 2.33. The van der Waals surface area contributed by atoms with Crippen LogP contribution in [0.15, 0.2) is 0 Å². The highest BCUT2D eigenvalue weighted by molar-refractivity contribution is 5.10. The Hall–Kier alpha value is -0.980. The van der Waals surface area contributed by atoms with Gasteiger partial charge in [0.05, 0.1) is 6.42 Å². The fourth-order valence-electron chi connectivity index (χ4n) is 1.03. The maximum absolute atomic E-state index is 12.7. The fourth-order valence-corrected chi connectivity index (χ4v) is 1.03. The lowest BCUT2D eigenvalue weighted by Gasteiger charge is -2.39. The average molecular weight is 365 g/mol. The molecule has 0 aromatic heterocycles. The topological polar surface area (TPSA) is 0 Å². The minimum absolute atomic E-state index is 1.38. The van der Waals surface area contributed by atoms with Crippen LogP contribution in [-0.2, 0) is 0 Å². The highest BCUT2D eigenvalue weighted by Gasteiger charge is 2.90. The Bertz CT molecular complexity index is 390. The monoisotopic (exact) mass is 365 g/mol. The highest BCUT2D eigenvalue weighted by atomic mass is 19.4. The van der Waals surface area contributed by atoms with E-state index in [0.29, 0.717) is 0 Å². The molecule has 0 aliphatic rings. The molecule has 0 saturated carbocycles. The molecule has 0 unspecified atom stereocenters. The lowest BCUT2D eigenvalue weighted by Crippen LogP contribution is -2.70. The molecule has 0 aromatic carbocycles. The minimum Gasteiger partial charge on any atom is -0.244 e. The van der Waals surface area contributed by atoms with Gasteiger partial charge in [0.2, 0.25) is 0 Å². The Balaban J connectivity index is 6.11. The predicted molar refractivity (Wildman–Crippen MR) is 40.8 cm³/mol. The first kappa shape index (κ1) is 21.0. The van der Waals surface area contributed by atoms with Crippen LogP contribution in [-0.4, -0.2) is 35.8 Å². The summed E-state index contributed by atoms with van der Waals surface area (Å²) in [6, 6.07) is 0. The lowest BCUT2D eigenvalue weighted by molar-refractivity contribution is -0.439. The van der Waals surface area contributed by atoms with Gasteiger partial charge in [-0.05, 0) is 0 Å². The Morgan fingerprint density at radius 3 is 1.09 bits per heavy atom. The van der Waals surface area contributed by atoms with Crippen LogP contribution < -0.4 is 0 Å². The number of hydrogen-bond acceptors (Lipinski definition) is 0. The van der Waals surface area contributed by atoms with Crippen molar-refractivity contribution in [3.8, 4) is 0 Å². The Morgan fingerprint density at radius 1 is 0.500 bits per heavy atom. The Kier molecular flexibility index (Phi) is 5.05. The van der Waals surface area contributed by atoms with Crippen LogP contribution >= 0.6 is 0 Å². The molecule has 22 heavy (non-hydrogen) atoms. The van der Waals surface area contributed by atoms with E-state index in [-0.39, 0.29) is 0 Å². The summed E-state index contributed by atoms with van der Waals surface area (Å²) in [6.45, 7) is -1.38. The molecular weight excluding hydrogens is 362 g/mol. The maximum Gasteiger partial charge on any atom is 0.460 e. The molecule has 0 aliphatic heterocycles. The summed E-state index contributed by atoms with van der Waals surface area (Å²) < 4.78 is 172. The molecule has 0 amide bonds. The van der Waals surface area contributed by atoms with E-state index in [1.165, 1.54) is 0 Å². The average Bonchev–Trinajstić information content (AvgIpc) is 2.26. The van der Waals surface area contributed by atoms with Crippen LogP contribution in [0.5, 0.6) is 0 Å². The van der Waals surface area contributed by atoms with Gasteiger partial charge in [-0.3, -0.25) is 0 Å². The van der Waals surface area contributed by atoms with Crippen molar-refractivity contribution >= 4 is 0 Å². The van der Waals surface area contributed by atoms with Gasteiger partial charge in [0.15, 0.2) is 0 Å². The zero-order valence-electron chi connectivity index (χ0n) is 9.58. The summed E-state index contributed by atoms with van der Waals surface area (Å²) in [4.78, 5) is 0. The SMILES string of the molecule is F[CH]CC(F)(F)C(F)(F)C(F)(F)C(F)(F)C(F)(F)C(F)(F)F. The predicted octanol–water partition coefficient (Wildman–Crippen LogP) is 5.25. The second-order valence-electron chi connectivity index (χ2n) is 3.86. The molecule has 0 aromatic rings. The second kappa shape index (κ2) is 5.28. The molecule has 0 aliphatic carbocycles. The Morgan fingerprint density at radius 2 is 0.818 bits per heavy atom. The minimum atomic E-state index is -7.94. The molecule has 133 valence electrons. The van der Waals surface area contributed by atoms with E-state index in [1.807, 2.05) is 0 Å². The van der Waals surface area contributed by atoms with E-state index in [1.54, 1.807) is 0 Å². The molecule has 0 N–H and O–H groups in total. The molecule has 0 rings (SSSR count). The van der Waals surface area contributed by atoms with E-state index in [2.05, 4.69) is 0 Å². The molecule has 0 fully saturated rings. The number of rotatable bonds is 6. The molecule has 0 heterocycles. The van der Waals surface area contributed by atoms with E-state index in [4.69, 9.17) is 0 Å². The first-order valence-electron chi connectivity index (χ1n) is 4.69. The molecular formula is C8H3F14. The number of alkyl halides is 13. The van der Waals surface area contributed by atoms with E-state index in [9.17, 15) is 61.5 Å². The van der Waals surface area contributed by atoms with Gasteiger partial charge >= 0.3 is 35.8 Å². The third kappa shape index (κ3) is 2.68. The normalized spacial score (nSPS) is 16.1. The van der Waals surface area contributed by atoms with Crippen LogP contribution in [0.1, 0.15) is 6.42 Å². The van der Waals surface area contributed by atoms with Crippen molar-refractivity contribution in [2.24, 2.45) is 0 Å². The van der Waals surface area contributed by atoms with Crippen molar-refractivity contribution in [2.45, 2.75) is 42.2 Å². The van der Waals surface area contributed by atoms with Gasteiger partial charge in [-0.2, -0.15) is 57.1 Å². The molecule has 0 spiro atoms. The number of halogens is 14. The highest BCUT2D eigenvalue weighted by Crippen LogP contribution is 2.60. The summed E-state index contributed by atoms with van der Waals surface area (Å²) in [7, 11) is 0. The molecule has 14 heteroatoms. The van der Waals surface area contributed by atoms with Gasteiger partial charge in [-0.15, -0.1) is 0 Å². The van der Waals surface area contributed by atoms with Crippen molar-refractivity contribution in [2.75, 3.05) is 0 Å². The summed E-state index contributed by atoms with van der Waals surface area (Å²) in [5, 5.41) is 0. The fraction of sp³-hybridized carbons (Fsp3) is 0.875. The molecule has 0 bridgehead atoms. The molecule has 0 nitrogen and oxygen atoms in total. The maximum atomic E-state index is 12.7. The van der Waals surface area contributed by atoms with Gasteiger partial charge in [0.1, 0.15) is 6.67 Å². The Labute approximate surface area is 112 Å². The van der Waals surface area contributed by atoms with Crippen molar-refractivity contribution in [3.63, 3.8) is 0 Å². The van der Waals surface area contributed by atoms with Crippen molar-refractivity contribution < 1.29 is 61.5 Å². The molecule has 0 saturated heterocycles. The summed E-state index contributed by atoms with van der Waals surface area (Å²) in [5.74, 6) is -37.3. The third-order valence-corrected chi connectivity index (χ3v) is 2.33. The first-order valence-corrected chi connectivity index (χ1v) is 4.69. The largest absolute Gasteiger partial charge is 0.460 e. The van der Waals surface area contributed by atoms with Crippen LogP contribution in [0.4, 0.5) is 61.5 Å². The van der Waals surface area contributed by atoms with Crippen LogP contribution in [0, 0.1) is 6.67 Å². The van der Waals surface area contributed by atoms with E-state index >= 15 is 0 Å². The van der Waals surface area contributed by atoms with Gasteiger partial charge in [0, 0.05) is 0 Å². The van der Waals surface area contributed by atoms with Crippen molar-refractivity contribution in [3.05, 3.63) is 6.67 Å². The lowest BCUT2D eigenvalue weighted by atomic mass is 9.93. The zero-order chi connectivity index (χ0) is 18.4. The van der Waals surface area contributed by atoms with Gasteiger partial charge in [0.25, 0.3) is 0 Å². The van der Waals surface area contributed by atoms with Gasteiger partial charge in [-0.25, -0.2) is 4.39 Å². The number of hydrogen-bond donors (Lipinski definition) is 0. The molecule has 1 radical (unpaired) electrons. The summed E-state index contributed by atoms with van der Waals surface area (Å²) in [6.07, 6.45) is -10.4. The van der Waals surface area contributed by atoms with Crippen LogP contribution in [0.25, 0.3) is 0 Å². The van der Waals surface area contributed by atoms with Crippen LogP contribution in [0.3, 0.4) is 0 Å². The van der Waals surface area contributed by atoms with E-state index in [0.717, 1.165) is 0 Å². The first-order chi connectivity index (χ1) is 9.31. The smallest absolute Gasteiger partial charge is 0.244 e. The van der Waals surface area contributed by atoms with Crippen molar-refractivity contribution in [1.82, 2.24) is 0 Å². The summed E-state index contributed by atoms with van der Waals surface area (Å²) in [5.41, 5.74) is 0. The van der Waals surface area contributed by atoms with Gasteiger partial charge in [-0.1, -0.05) is 0 Å². The standard InChI is InChI=1S/C8H3F14/c9-2-1-3(10,11)4(12,13)5(14,15)6(16,17)7(18,19)8(20,21)22/h2H,1H2. The quantitative estimate of drug-likeness (QED) is 0.565. The zero-order valence-corrected chi connectivity index (χ0v) is 9.58. The van der Waals surface area contributed by atoms with E-state index < -0.39 is 48.9 Å². The summed E-state index contributed by atoms with van der Waals surface area (Å²) >= 11 is 0. The van der Waals surface area contributed by atoms with Gasteiger partial charge < -0.3 is 0 Å². The molecule has 0 atom stereocenters. The van der Waals surface area contributed by atoms with Crippen LogP contribution in [0.2, 0.25) is 0 Å².